The first-order valence-electron chi connectivity index (χ1n) is 10.3. The van der Waals surface area contributed by atoms with Crippen LogP contribution in [0.25, 0.3) is 10.9 Å². The molecule has 4 rings (SSSR count). The number of rotatable bonds is 4. The van der Waals surface area contributed by atoms with Gasteiger partial charge in [-0.05, 0) is 73.4 Å². The fourth-order valence-corrected chi connectivity index (χ4v) is 4.74. The van der Waals surface area contributed by atoms with Crippen molar-refractivity contribution in [1.29, 1.82) is 0 Å². The first kappa shape index (κ1) is 20.7. The second-order valence-electron chi connectivity index (χ2n) is 8.23. The van der Waals surface area contributed by atoms with Crippen LogP contribution in [0.1, 0.15) is 44.1 Å². The second-order valence-corrected chi connectivity index (χ2v) is 8.63. The second kappa shape index (κ2) is 8.64. The van der Waals surface area contributed by atoms with E-state index in [4.69, 9.17) is 11.6 Å². The van der Waals surface area contributed by atoms with Crippen molar-refractivity contribution in [2.24, 2.45) is 24.0 Å². The van der Waals surface area contributed by atoms with E-state index >= 15 is 0 Å². The summed E-state index contributed by atoms with van der Waals surface area (Å²) in [6, 6.07) is 11.0. The molecule has 1 atom stereocenters. The summed E-state index contributed by atoms with van der Waals surface area (Å²) in [4.78, 5) is 0. The Labute approximate surface area is 180 Å². The number of fused-ring (bicyclic) bond motifs is 1. The number of aryl methyl sites for hydroxylation is 1. The first-order chi connectivity index (χ1) is 14.5. The highest BCUT2D eigenvalue weighted by molar-refractivity contribution is 6.31. The van der Waals surface area contributed by atoms with Crippen LogP contribution in [0.2, 0.25) is 5.02 Å². The van der Waals surface area contributed by atoms with Crippen LogP contribution in [0.5, 0.6) is 0 Å². The number of aromatic nitrogens is 2. The maximum Gasteiger partial charge on any atom is 0.149 e. The molecule has 1 aliphatic rings. The van der Waals surface area contributed by atoms with E-state index in [1.165, 1.54) is 23.1 Å². The van der Waals surface area contributed by atoms with Gasteiger partial charge in [-0.3, -0.25) is 4.68 Å². The smallest absolute Gasteiger partial charge is 0.149 e. The van der Waals surface area contributed by atoms with Crippen LogP contribution >= 0.6 is 11.6 Å². The number of nitrogens with zero attached hydrogens (tertiary/aromatic N) is 3. The first-order valence-corrected chi connectivity index (χ1v) is 10.7. The number of anilines is 1. The molecule has 0 saturated heterocycles. The molecular formula is C23H26ClFN4O. The molecule has 7 heteroatoms. The van der Waals surface area contributed by atoms with Gasteiger partial charge in [0.15, 0.2) is 0 Å². The van der Waals surface area contributed by atoms with Crippen molar-refractivity contribution in [3.8, 4) is 0 Å². The quantitative estimate of drug-likeness (QED) is 0.226. The van der Waals surface area contributed by atoms with E-state index in [0.29, 0.717) is 23.4 Å². The van der Waals surface area contributed by atoms with E-state index in [0.717, 1.165) is 31.2 Å². The zero-order valence-electron chi connectivity index (χ0n) is 17.1. The summed E-state index contributed by atoms with van der Waals surface area (Å²) in [6.07, 6.45) is 6.23. The van der Waals surface area contributed by atoms with Crippen molar-refractivity contribution in [3.63, 3.8) is 0 Å². The third-order valence-corrected chi connectivity index (χ3v) is 6.74. The predicted molar refractivity (Wildman–Crippen MR) is 119 cm³/mol. The van der Waals surface area contributed by atoms with E-state index in [9.17, 15) is 9.60 Å². The minimum atomic E-state index is -0.472. The number of amidine groups is 1. The minimum Gasteiger partial charge on any atom is -0.409 e. The largest absolute Gasteiger partial charge is 0.409 e. The fraction of sp³-hybridized carbons (Fsp3) is 0.391. The van der Waals surface area contributed by atoms with Crippen molar-refractivity contribution in [2.75, 3.05) is 5.32 Å². The Hall–Kier alpha value is -2.60. The van der Waals surface area contributed by atoms with Gasteiger partial charge in [-0.1, -0.05) is 29.7 Å². The zero-order valence-corrected chi connectivity index (χ0v) is 17.9. The normalized spacial score (nSPS) is 21.0. The summed E-state index contributed by atoms with van der Waals surface area (Å²) in [5.74, 6) is 1.02. The average molecular weight is 429 g/mol. The number of halogens is 2. The van der Waals surface area contributed by atoms with E-state index in [1.54, 1.807) is 6.07 Å². The lowest BCUT2D eigenvalue weighted by Crippen LogP contribution is -2.30. The van der Waals surface area contributed by atoms with Crippen molar-refractivity contribution in [2.45, 2.75) is 38.5 Å². The van der Waals surface area contributed by atoms with Crippen molar-refractivity contribution in [1.82, 2.24) is 9.78 Å². The number of benzene rings is 2. The zero-order chi connectivity index (χ0) is 21.3. The third-order valence-electron chi connectivity index (χ3n) is 6.45. The van der Waals surface area contributed by atoms with Crippen LogP contribution in [0.3, 0.4) is 0 Å². The number of hydrogen-bond acceptors (Lipinski definition) is 3. The van der Waals surface area contributed by atoms with Gasteiger partial charge in [0.05, 0.1) is 16.7 Å². The SMILES string of the molecule is C[C@@H](/C(=N/O)Nc1ccc(F)c(Cl)c1)[C@H]1CC[C@@H](c2ccc3c(cnn3C)c2)CC1. The van der Waals surface area contributed by atoms with Gasteiger partial charge >= 0.3 is 0 Å². The van der Waals surface area contributed by atoms with Gasteiger partial charge in [0.2, 0.25) is 0 Å². The summed E-state index contributed by atoms with van der Waals surface area (Å²) in [5, 5.41) is 21.7. The molecule has 0 unspecified atom stereocenters. The molecule has 158 valence electrons. The summed E-state index contributed by atoms with van der Waals surface area (Å²) >= 11 is 5.86. The Bertz CT molecular complexity index is 1070. The molecule has 3 aromatic rings. The lowest BCUT2D eigenvalue weighted by Gasteiger charge is -2.33. The molecule has 0 radical (unpaired) electrons. The standard InChI is InChI=1S/C23H26ClFN4O/c1-14(23(28-30)27-19-8-9-21(25)20(24)12-19)15-3-5-16(6-4-15)17-7-10-22-18(11-17)13-26-29(22)2/h7-16,30H,3-6H2,1-2H3,(H,27,28)/t14-,15-,16+/m1/s1. The maximum atomic E-state index is 13.4. The topological polar surface area (TPSA) is 62.4 Å². The molecule has 0 aliphatic heterocycles. The van der Waals surface area contributed by atoms with Gasteiger partial charge in [0.1, 0.15) is 11.7 Å². The summed E-state index contributed by atoms with van der Waals surface area (Å²) in [7, 11) is 1.96. The molecular weight excluding hydrogens is 403 g/mol. The summed E-state index contributed by atoms with van der Waals surface area (Å²) < 4.78 is 15.3. The number of nitrogens with one attached hydrogen (secondary N) is 1. The Morgan fingerprint density at radius 3 is 2.70 bits per heavy atom. The number of oxime groups is 1. The Morgan fingerprint density at radius 2 is 2.00 bits per heavy atom. The number of hydrogen-bond donors (Lipinski definition) is 2. The third kappa shape index (κ3) is 4.15. The molecule has 0 spiro atoms. The molecule has 1 fully saturated rings. The van der Waals surface area contributed by atoms with E-state index in [2.05, 4.69) is 40.7 Å². The lowest BCUT2D eigenvalue weighted by atomic mass is 9.74. The highest BCUT2D eigenvalue weighted by Crippen LogP contribution is 2.40. The molecule has 2 aromatic carbocycles. The Morgan fingerprint density at radius 1 is 1.23 bits per heavy atom. The van der Waals surface area contributed by atoms with Crippen LogP contribution in [0.15, 0.2) is 47.8 Å². The average Bonchev–Trinajstić information content (AvgIpc) is 3.14. The lowest BCUT2D eigenvalue weighted by molar-refractivity contribution is 0.273. The summed E-state index contributed by atoms with van der Waals surface area (Å²) in [5.41, 5.74) is 3.13. The monoisotopic (exact) mass is 428 g/mol. The van der Waals surface area contributed by atoms with Gasteiger partial charge in [-0.25, -0.2) is 4.39 Å². The molecule has 0 bridgehead atoms. The van der Waals surface area contributed by atoms with Crippen LogP contribution in [-0.2, 0) is 7.05 Å². The molecule has 5 nitrogen and oxygen atoms in total. The van der Waals surface area contributed by atoms with Crippen molar-refractivity contribution in [3.05, 3.63) is 59.0 Å². The van der Waals surface area contributed by atoms with Crippen LogP contribution in [0.4, 0.5) is 10.1 Å². The Balaban J connectivity index is 1.39. The van der Waals surface area contributed by atoms with E-state index < -0.39 is 5.82 Å². The highest BCUT2D eigenvalue weighted by atomic mass is 35.5. The van der Waals surface area contributed by atoms with Gasteiger partial charge in [0, 0.05) is 24.0 Å². The predicted octanol–water partition coefficient (Wildman–Crippen LogP) is 6.18. The molecule has 1 aliphatic carbocycles. The minimum absolute atomic E-state index is 0.0380. The van der Waals surface area contributed by atoms with E-state index in [-0.39, 0.29) is 10.9 Å². The van der Waals surface area contributed by atoms with Gasteiger partial charge in [0.25, 0.3) is 0 Å². The molecule has 0 amide bonds. The van der Waals surface area contributed by atoms with Crippen LogP contribution in [-0.4, -0.2) is 20.8 Å². The van der Waals surface area contributed by atoms with Gasteiger partial charge in [-0.2, -0.15) is 5.10 Å². The fourth-order valence-electron chi connectivity index (χ4n) is 4.56. The molecule has 2 N–H and O–H groups in total. The maximum absolute atomic E-state index is 13.4. The van der Waals surface area contributed by atoms with Gasteiger partial charge < -0.3 is 10.5 Å². The van der Waals surface area contributed by atoms with Crippen molar-refractivity contribution >= 4 is 34.0 Å². The van der Waals surface area contributed by atoms with Crippen LogP contribution in [0, 0.1) is 17.7 Å². The summed E-state index contributed by atoms with van der Waals surface area (Å²) in [6.45, 7) is 2.07. The molecule has 1 saturated carbocycles. The van der Waals surface area contributed by atoms with Crippen molar-refractivity contribution < 1.29 is 9.60 Å². The molecule has 1 heterocycles. The van der Waals surface area contributed by atoms with E-state index in [1.807, 2.05) is 17.9 Å². The van der Waals surface area contributed by atoms with Crippen LogP contribution < -0.4 is 5.32 Å². The highest BCUT2D eigenvalue weighted by Gasteiger charge is 2.29. The molecule has 1 aromatic heterocycles. The van der Waals surface area contributed by atoms with Gasteiger partial charge in [-0.15, -0.1) is 0 Å². The Kier molecular flexibility index (Phi) is 5.95. The molecule has 30 heavy (non-hydrogen) atoms.